The van der Waals surface area contributed by atoms with Crippen molar-refractivity contribution in [3.05, 3.63) is 360 Å². The molecule has 2 aliphatic heterocycles. The number of hydrogen-bond acceptors (Lipinski definition) is 8. The lowest BCUT2D eigenvalue weighted by Crippen LogP contribution is -2.32. The fraction of sp³-hybridized carbons (Fsp3) is 0.0233. The molecule has 1 unspecified atom stereocenters. The third-order valence-corrected chi connectivity index (χ3v) is 19.4. The Balaban J connectivity index is 0.747. The van der Waals surface area contributed by atoms with Crippen molar-refractivity contribution in [3.63, 3.8) is 0 Å². The first-order chi connectivity index (χ1) is 46.6. The van der Waals surface area contributed by atoms with Crippen LogP contribution in [0.4, 0.5) is 0 Å². The maximum atomic E-state index is 7.27. The number of aromatic nitrogens is 6. The van der Waals surface area contributed by atoms with Crippen LogP contribution in [0.3, 0.4) is 0 Å². The monoisotopic (exact) mass is 1200 g/mol. The van der Waals surface area contributed by atoms with E-state index < -0.39 is 10.8 Å². The molecule has 19 rings (SSSR count). The molecule has 8 nitrogen and oxygen atoms in total. The summed E-state index contributed by atoms with van der Waals surface area (Å²) in [7, 11) is 0. The lowest BCUT2D eigenvalue weighted by Gasteiger charge is -2.40. The van der Waals surface area contributed by atoms with Gasteiger partial charge >= 0.3 is 0 Å². The number of nitrogens with zero attached hydrogens (tertiary/aromatic N) is 6. The molecule has 4 heterocycles. The number of ether oxygens (including phenoxy) is 2. The Labute approximate surface area is 542 Å². The number of rotatable bonds is 8. The van der Waals surface area contributed by atoms with E-state index in [2.05, 4.69) is 261 Å². The summed E-state index contributed by atoms with van der Waals surface area (Å²) in [5, 5.41) is 0. The van der Waals surface area contributed by atoms with E-state index >= 15 is 0 Å². The first-order valence-corrected chi connectivity index (χ1v) is 31.7. The first-order valence-electron chi connectivity index (χ1n) is 31.7. The Morgan fingerprint density at radius 3 is 0.926 bits per heavy atom. The molecule has 8 heteroatoms. The largest absolute Gasteiger partial charge is 0.457 e. The van der Waals surface area contributed by atoms with Gasteiger partial charge in [0.25, 0.3) is 0 Å². The van der Waals surface area contributed by atoms with Gasteiger partial charge in [-0.2, -0.15) is 0 Å². The topological polar surface area (TPSA) is 95.8 Å². The Morgan fingerprint density at radius 2 is 0.468 bits per heavy atom. The van der Waals surface area contributed by atoms with Crippen LogP contribution in [-0.4, -0.2) is 29.9 Å². The number of hydrogen-bond donors (Lipinski definition) is 0. The molecule has 15 aromatic rings. The van der Waals surface area contributed by atoms with Crippen molar-refractivity contribution in [2.45, 2.75) is 10.8 Å². The molecule has 2 aliphatic carbocycles. The maximum Gasteiger partial charge on any atom is 0.164 e. The van der Waals surface area contributed by atoms with Crippen LogP contribution in [0.15, 0.2) is 315 Å². The van der Waals surface area contributed by atoms with Gasteiger partial charge in [-0.3, -0.25) is 0 Å². The minimum atomic E-state index is -0.794. The highest BCUT2D eigenvalue weighted by Crippen LogP contribution is 2.66. The Kier molecular flexibility index (Phi) is 11.9. The second-order valence-corrected chi connectivity index (χ2v) is 24.3. The molecule has 0 fully saturated rings. The fourth-order valence-electron chi connectivity index (χ4n) is 15.4. The maximum absolute atomic E-state index is 7.27. The highest BCUT2D eigenvalue weighted by atomic mass is 16.5. The minimum absolute atomic E-state index is 0.562. The molecule has 2 spiro atoms. The molecule has 13 aromatic carbocycles. The van der Waals surface area contributed by atoms with Gasteiger partial charge in [0.15, 0.2) is 34.9 Å². The zero-order valence-corrected chi connectivity index (χ0v) is 50.5. The molecule has 1 atom stereocenters. The summed E-state index contributed by atoms with van der Waals surface area (Å²) in [4.78, 5) is 32.0. The van der Waals surface area contributed by atoms with Crippen molar-refractivity contribution in [2.75, 3.05) is 0 Å². The third kappa shape index (κ3) is 7.93. The molecule has 0 bridgehead atoms. The lowest BCUT2D eigenvalue weighted by molar-refractivity contribution is 0.436. The second kappa shape index (κ2) is 21.0. The lowest BCUT2D eigenvalue weighted by atomic mass is 9.65. The van der Waals surface area contributed by atoms with Gasteiger partial charge < -0.3 is 9.47 Å². The molecule has 4 aliphatic rings. The van der Waals surface area contributed by atoms with Crippen molar-refractivity contribution in [3.8, 4) is 136 Å². The Bertz CT molecular complexity index is 5520. The molecule has 0 N–H and O–H groups in total. The van der Waals surface area contributed by atoms with E-state index in [0.29, 0.717) is 34.9 Å². The van der Waals surface area contributed by atoms with Gasteiger partial charge in [-0.1, -0.05) is 297 Å². The average molecular weight is 1200 g/mol. The predicted molar refractivity (Wildman–Crippen MR) is 371 cm³/mol. The number of para-hydroxylation sites is 4. The number of fused-ring (bicyclic) bond motifs is 18. The highest BCUT2D eigenvalue weighted by molar-refractivity contribution is 5.98. The molecule has 0 radical (unpaired) electrons. The smallest absolute Gasteiger partial charge is 0.164 e. The van der Waals surface area contributed by atoms with Crippen LogP contribution in [0.2, 0.25) is 0 Å². The van der Waals surface area contributed by atoms with Crippen molar-refractivity contribution >= 4 is 0 Å². The summed E-state index contributed by atoms with van der Waals surface area (Å²) in [6.45, 7) is 0. The molecule has 94 heavy (non-hydrogen) atoms. The quantitative estimate of drug-likeness (QED) is 0.148. The van der Waals surface area contributed by atoms with Crippen LogP contribution in [0.1, 0.15) is 44.5 Å². The first kappa shape index (κ1) is 53.3. The van der Waals surface area contributed by atoms with Gasteiger partial charge in [-0.15, -0.1) is 0 Å². The van der Waals surface area contributed by atoms with E-state index in [1.807, 2.05) is 54.6 Å². The Hall–Kier alpha value is -12.5. The van der Waals surface area contributed by atoms with Crippen molar-refractivity contribution < 1.29 is 9.47 Å². The van der Waals surface area contributed by atoms with Crippen LogP contribution in [0.25, 0.3) is 113 Å². The number of benzene rings is 13. The van der Waals surface area contributed by atoms with Gasteiger partial charge in [0, 0.05) is 61.2 Å². The normalized spacial score (nSPS) is 14.5. The van der Waals surface area contributed by atoms with Gasteiger partial charge in [-0.05, 0) is 79.4 Å². The Morgan fingerprint density at radius 1 is 0.181 bits per heavy atom. The predicted octanol–water partition coefficient (Wildman–Crippen LogP) is 20.3. The summed E-state index contributed by atoms with van der Waals surface area (Å²) < 4.78 is 13.9. The van der Waals surface area contributed by atoms with Crippen LogP contribution in [-0.2, 0) is 10.8 Å². The standard InChI is InChI=1S/C86H52N6O2/c1-4-23-53(24-5-1)54-45-49-58(50-46-54)81-87-79(56-25-6-2-7-26-56)90-84(91-81)64-33-22-40-71-77(64)62-30-11-13-35-66(62)86(71)69-38-16-19-44-75(69)94-78-60(31-20-41-72(78)86)55-47-51-59(52-48-55)82-88-80(57-27-8-3-9-28-57)89-83(92-82)63-32-21-39-70-76(63)61-29-10-12-34-65(61)85(70)67-36-14-17-42-73(67)93-74-43-18-15-37-68(74)85/h1-52H. The van der Waals surface area contributed by atoms with Gasteiger partial charge in [0.05, 0.1) is 10.8 Å². The van der Waals surface area contributed by atoms with E-state index in [-0.39, 0.29) is 0 Å². The van der Waals surface area contributed by atoms with Crippen molar-refractivity contribution in [1.29, 1.82) is 0 Å². The zero-order valence-electron chi connectivity index (χ0n) is 50.5. The summed E-state index contributed by atoms with van der Waals surface area (Å²) in [6, 6.07) is 111. The fourth-order valence-corrected chi connectivity index (χ4v) is 15.4. The summed E-state index contributed by atoms with van der Waals surface area (Å²) >= 11 is 0. The van der Waals surface area contributed by atoms with Crippen LogP contribution >= 0.6 is 0 Å². The van der Waals surface area contributed by atoms with E-state index in [9.17, 15) is 0 Å². The molecular formula is C86H52N6O2. The molecule has 0 amide bonds. The van der Waals surface area contributed by atoms with Crippen LogP contribution in [0.5, 0.6) is 23.0 Å². The van der Waals surface area contributed by atoms with Crippen molar-refractivity contribution in [1.82, 2.24) is 29.9 Å². The highest BCUT2D eigenvalue weighted by Gasteiger charge is 2.54. The molecular weight excluding hydrogens is 1150 g/mol. The van der Waals surface area contributed by atoms with Crippen molar-refractivity contribution in [2.24, 2.45) is 0 Å². The van der Waals surface area contributed by atoms with Gasteiger partial charge in [0.1, 0.15) is 23.0 Å². The van der Waals surface area contributed by atoms with E-state index in [4.69, 9.17) is 39.4 Å². The summed E-state index contributed by atoms with van der Waals surface area (Å²) in [5.41, 5.74) is 21.5. The minimum Gasteiger partial charge on any atom is -0.457 e. The van der Waals surface area contributed by atoms with Gasteiger partial charge in [0.2, 0.25) is 0 Å². The SMILES string of the molecule is c1ccc(-c2ccc(-c3nc(-c4ccccc4)nc(-c4cccc5c4-c4ccccc4C54c5ccccc5Oc5c(-c6ccc(-c7nc(-c8ccccc8)nc(-c8cccc9c8-c8ccccc8C98c9ccccc9Oc9ccccc98)n7)cc6)cccc54)n3)cc2)cc1. The van der Waals surface area contributed by atoms with Crippen LogP contribution in [0, 0.1) is 0 Å². The average Bonchev–Trinajstić information content (AvgIpc) is 1.49. The molecule has 438 valence electrons. The van der Waals surface area contributed by atoms with E-state index in [0.717, 1.165) is 140 Å². The summed E-state index contributed by atoms with van der Waals surface area (Å²) in [6.07, 6.45) is 0. The second-order valence-electron chi connectivity index (χ2n) is 24.3. The molecule has 0 saturated heterocycles. The third-order valence-electron chi connectivity index (χ3n) is 19.4. The van der Waals surface area contributed by atoms with Gasteiger partial charge in [-0.25, -0.2) is 29.9 Å². The summed E-state index contributed by atoms with van der Waals surface area (Å²) in [5.74, 6) is 6.78. The van der Waals surface area contributed by atoms with Crippen LogP contribution < -0.4 is 9.47 Å². The molecule has 0 saturated carbocycles. The molecule has 2 aromatic heterocycles. The van der Waals surface area contributed by atoms with E-state index in [1.54, 1.807) is 0 Å². The zero-order chi connectivity index (χ0) is 61.9. The van der Waals surface area contributed by atoms with E-state index in [1.165, 1.54) is 5.56 Å².